The summed E-state index contributed by atoms with van der Waals surface area (Å²) in [5.74, 6) is -0.172. The maximum atomic E-state index is 12.2. The van der Waals surface area contributed by atoms with Gasteiger partial charge in [-0.25, -0.2) is 0 Å². The quantitative estimate of drug-likeness (QED) is 0.775. The third-order valence-electron chi connectivity index (χ3n) is 3.40. The first-order valence-corrected chi connectivity index (χ1v) is 7.01. The molecule has 0 aliphatic carbocycles. The second-order valence-electron chi connectivity index (χ2n) is 4.95. The van der Waals surface area contributed by atoms with E-state index < -0.39 is 0 Å². The molecule has 0 saturated carbocycles. The zero-order valence-corrected chi connectivity index (χ0v) is 11.9. The van der Waals surface area contributed by atoms with Crippen molar-refractivity contribution in [2.75, 3.05) is 5.32 Å². The summed E-state index contributed by atoms with van der Waals surface area (Å²) in [6, 6.07) is 18.5. The van der Waals surface area contributed by atoms with Gasteiger partial charge in [-0.15, -0.1) is 0 Å². The number of carbonyl (C=O) groups excluding carboxylic acids is 1. The van der Waals surface area contributed by atoms with E-state index in [-0.39, 0.29) is 12.5 Å². The number of anilines is 1. The normalized spacial score (nSPS) is 10.4. The molecule has 4 heteroatoms. The number of carbonyl (C=O) groups is 1. The molecular weight excluding hydrogens is 276 g/mol. The lowest BCUT2D eigenvalue weighted by molar-refractivity contribution is 0.102. The van der Waals surface area contributed by atoms with Crippen LogP contribution in [0.2, 0.25) is 0 Å². The van der Waals surface area contributed by atoms with Crippen molar-refractivity contribution in [1.29, 1.82) is 0 Å². The van der Waals surface area contributed by atoms with Crippen molar-refractivity contribution in [3.8, 4) is 5.69 Å². The molecule has 4 nitrogen and oxygen atoms in total. The lowest BCUT2D eigenvalue weighted by Crippen LogP contribution is -2.12. The number of benzene rings is 2. The molecule has 1 aromatic heterocycles. The predicted octanol–water partition coefficient (Wildman–Crippen LogP) is 3.22. The maximum absolute atomic E-state index is 12.2. The summed E-state index contributed by atoms with van der Waals surface area (Å²) < 4.78 is 1.98. The van der Waals surface area contributed by atoms with E-state index in [1.54, 1.807) is 30.3 Å². The van der Waals surface area contributed by atoms with Gasteiger partial charge in [-0.05, 0) is 54.1 Å². The van der Waals surface area contributed by atoms with Crippen molar-refractivity contribution < 1.29 is 9.90 Å². The third kappa shape index (κ3) is 3.07. The Morgan fingerprint density at radius 1 is 1.00 bits per heavy atom. The van der Waals surface area contributed by atoms with Crippen LogP contribution in [0.15, 0.2) is 73.1 Å². The van der Waals surface area contributed by atoms with Crippen molar-refractivity contribution in [3.63, 3.8) is 0 Å². The second kappa shape index (κ2) is 6.28. The highest BCUT2D eigenvalue weighted by Crippen LogP contribution is 2.14. The Morgan fingerprint density at radius 3 is 2.41 bits per heavy atom. The fraction of sp³-hybridized carbons (Fsp3) is 0.0556. The topological polar surface area (TPSA) is 54.3 Å². The molecule has 22 heavy (non-hydrogen) atoms. The number of hydrogen-bond donors (Lipinski definition) is 2. The third-order valence-corrected chi connectivity index (χ3v) is 3.40. The van der Waals surface area contributed by atoms with E-state index in [1.165, 1.54) is 0 Å². The number of rotatable bonds is 4. The van der Waals surface area contributed by atoms with E-state index in [9.17, 15) is 4.79 Å². The molecule has 0 aliphatic rings. The van der Waals surface area contributed by atoms with Gasteiger partial charge in [-0.3, -0.25) is 4.79 Å². The molecule has 0 radical (unpaired) electrons. The lowest BCUT2D eigenvalue weighted by Gasteiger charge is -2.08. The summed E-state index contributed by atoms with van der Waals surface area (Å²) in [6.45, 7) is -0.0464. The summed E-state index contributed by atoms with van der Waals surface area (Å²) in [7, 11) is 0. The molecular formula is C18H16N2O2. The van der Waals surface area contributed by atoms with Gasteiger partial charge >= 0.3 is 0 Å². The summed E-state index contributed by atoms with van der Waals surface area (Å²) >= 11 is 0. The number of nitrogens with one attached hydrogen (secondary N) is 1. The highest BCUT2D eigenvalue weighted by atomic mass is 16.3. The molecule has 0 spiro atoms. The number of hydrogen-bond acceptors (Lipinski definition) is 2. The molecule has 3 rings (SSSR count). The van der Waals surface area contributed by atoms with Gasteiger partial charge in [-0.2, -0.15) is 0 Å². The van der Waals surface area contributed by atoms with Crippen LogP contribution >= 0.6 is 0 Å². The van der Waals surface area contributed by atoms with Gasteiger partial charge in [0.2, 0.25) is 0 Å². The smallest absolute Gasteiger partial charge is 0.255 e. The van der Waals surface area contributed by atoms with Crippen LogP contribution in [-0.4, -0.2) is 15.6 Å². The molecule has 2 N–H and O–H groups in total. The van der Waals surface area contributed by atoms with E-state index in [1.807, 2.05) is 47.3 Å². The predicted molar refractivity (Wildman–Crippen MR) is 86.1 cm³/mol. The minimum atomic E-state index is -0.172. The molecule has 3 aromatic rings. The zero-order valence-electron chi connectivity index (χ0n) is 11.9. The SMILES string of the molecule is O=C(Nc1cccc(CO)c1)c1ccc(-n2cccc2)cc1. The Labute approximate surface area is 128 Å². The molecule has 2 aromatic carbocycles. The van der Waals surface area contributed by atoms with Crippen LogP contribution in [0.5, 0.6) is 0 Å². The zero-order chi connectivity index (χ0) is 15.4. The fourth-order valence-electron chi connectivity index (χ4n) is 2.24. The summed E-state index contributed by atoms with van der Waals surface area (Å²) in [5, 5.41) is 11.9. The minimum absolute atomic E-state index is 0.0464. The minimum Gasteiger partial charge on any atom is -0.392 e. The Hall–Kier alpha value is -2.85. The van der Waals surface area contributed by atoms with E-state index in [0.29, 0.717) is 11.3 Å². The first-order valence-electron chi connectivity index (χ1n) is 7.01. The summed E-state index contributed by atoms with van der Waals surface area (Å²) in [4.78, 5) is 12.2. The van der Waals surface area contributed by atoms with Crippen LogP contribution in [0.3, 0.4) is 0 Å². The van der Waals surface area contributed by atoms with Crippen molar-refractivity contribution in [2.24, 2.45) is 0 Å². The van der Waals surface area contributed by atoms with Gasteiger partial charge in [0.15, 0.2) is 0 Å². The van der Waals surface area contributed by atoms with Crippen molar-refractivity contribution >= 4 is 11.6 Å². The summed E-state index contributed by atoms with van der Waals surface area (Å²) in [6.07, 6.45) is 3.91. The number of aromatic nitrogens is 1. The Morgan fingerprint density at radius 2 is 1.73 bits per heavy atom. The van der Waals surface area contributed by atoms with Crippen molar-refractivity contribution in [1.82, 2.24) is 4.57 Å². The first kappa shape index (κ1) is 14.1. The number of nitrogens with zero attached hydrogens (tertiary/aromatic N) is 1. The van der Waals surface area contributed by atoms with Gasteiger partial charge in [0, 0.05) is 29.3 Å². The molecule has 110 valence electrons. The summed E-state index contributed by atoms with van der Waals surface area (Å²) in [5.41, 5.74) is 3.03. The van der Waals surface area contributed by atoms with Crippen LogP contribution in [0.1, 0.15) is 15.9 Å². The van der Waals surface area contributed by atoms with E-state index >= 15 is 0 Å². The molecule has 1 amide bonds. The van der Waals surface area contributed by atoms with Gasteiger partial charge in [0.25, 0.3) is 5.91 Å². The Kier molecular flexibility index (Phi) is 4.03. The fourth-order valence-corrected chi connectivity index (χ4v) is 2.24. The van der Waals surface area contributed by atoms with Crippen LogP contribution in [-0.2, 0) is 6.61 Å². The molecule has 0 unspecified atom stereocenters. The van der Waals surface area contributed by atoms with Crippen LogP contribution in [0, 0.1) is 0 Å². The van der Waals surface area contributed by atoms with Gasteiger partial charge in [-0.1, -0.05) is 12.1 Å². The highest BCUT2D eigenvalue weighted by Gasteiger charge is 2.06. The van der Waals surface area contributed by atoms with Gasteiger partial charge in [0.05, 0.1) is 6.61 Å². The molecule has 0 fully saturated rings. The van der Waals surface area contributed by atoms with Gasteiger partial charge in [0.1, 0.15) is 0 Å². The second-order valence-corrected chi connectivity index (χ2v) is 4.95. The van der Waals surface area contributed by atoms with Crippen molar-refractivity contribution in [2.45, 2.75) is 6.61 Å². The number of amides is 1. The molecule has 0 saturated heterocycles. The van der Waals surface area contributed by atoms with Gasteiger partial charge < -0.3 is 15.0 Å². The standard InChI is InChI=1S/C18H16N2O2/c21-13-14-4-3-5-16(12-14)19-18(22)15-6-8-17(9-7-15)20-10-1-2-11-20/h1-12,21H,13H2,(H,19,22). The molecule has 1 heterocycles. The van der Waals surface area contributed by atoms with E-state index in [4.69, 9.17) is 5.11 Å². The average molecular weight is 292 g/mol. The van der Waals surface area contributed by atoms with Crippen LogP contribution in [0.4, 0.5) is 5.69 Å². The van der Waals surface area contributed by atoms with Crippen LogP contribution < -0.4 is 5.32 Å². The van der Waals surface area contributed by atoms with Crippen molar-refractivity contribution in [3.05, 3.63) is 84.2 Å². The maximum Gasteiger partial charge on any atom is 0.255 e. The molecule has 0 atom stereocenters. The molecule has 0 aliphatic heterocycles. The molecule has 0 bridgehead atoms. The number of aliphatic hydroxyl groups excluding tert-OH is 1. The number of aliphatic hydroxyl groups is 1. The Bertz CT molecular complexity index is 762. The van der Waals surface area contributed by atoms with E-state index in [0.717, 1.165) is 11.3 Å². The average Bonchev–Trinajstić information content (AvgIpc) is 3.09. The Balaban J connectivity index is 1.74. The van der Waals surface area contributed by atoms with E-state index in [2.05, 4.69) is 5.32 Å². The van der Waals surface area contributed by atoms with Crippen LogP contribution in [0.25, 0.3) is 5.69 Å². The lowest BCUT2D eigenvalue weighted by atomic mass is 10.1. The largest absolute Gasteiger partial charge is 0.392 e. The monoisotopic (exact) mass is 292 g/mol. The first-order chi connectivity index (χ1) is 10.8. The highest BCUT2D eigenvalue weighted by molar-refractivity contribution is 6.04.